The largest absolute Gasteiger partial charge is 0.378 e. The summed E-state index contributed by atoms with van der Waals surface area (Å²) in [7, 11) is 0.0977. The number of likely N-dealkylation sites (tertiary alicyclic amines) is 1. The average Bonchev–Trinajstić information content (AvgIpc) is 2.85. The number of fused-ring (bicyclic) bond motifs is 1. The quantitative estimate of drug-likeness (QED) is 0.860. The number of likely N-dealkylation sites (N-methyl/N-ethyl adjacent to an activating group) is 1. The molecule has 3 rings (SSSR count). The van der Waals surface area contributed by atoms with Crippen LogP contribution in [-0.4, -0.2) is 63.6 Å². The van der Waals surface area contributed by atoms with Crippen LogP contribution in [0.2, 0.25) is 0 Å². The van der Waals surface area contributed by atoms with Crippen LogP contribution in [0, 0.1) is 0 Å². The minimum Gasteiger partial charge on any atom is -0.378 e. The third-order valence-corrected chi connectivity index (χ3v) is 6.08. The molecule has 0 saturated carbocycles. The number of nitrogens with one attached hydrogen (secondary N) is 1. The Morgan fingerprint density at radius 3 is 2.68 bits per heavy atom. The van der Waals surface area contributed by atoms with Crippen LogP contribution in [0.3, 0.4) is 0 Å². The molecule has 2 atom stereocenters. The van der Waals surface area contributed by atoms with Gasteiger partial charge in [0.15, 0.2) is 0 Å². The van der Waals surface area contributed by atoms with Crippen molar-refractivity contribution < 1.29 is 13.2 Å². The van der Waals surface area contributed by atoms with Gasteiger partial charge in [-0.2, -0.15) is 17.4 Å². The molecule has 7 heteroatoms. The highest BCUT2D eigenvalue weighted by molar-refractivity contribution is 7.87. The van der Waals surface area contributed by atoms with Crippen molar-refractivity contribution in [3.05, 3.63) is 35.4 Å². The summed E-state index contributed by atoms with van der Waals surface area (Å²) >= 11 is 0. The highest BCUT2D eigenvalue weighted by atomic mass is 32.2. The van der Waals surface area contributed by atoms with Gasteiger partial charge in [0.2, 0.25) is 0 Å². The molecular formula is C15H23N3O3S. The van der Waals surface area contributed by atoms with Gasteiger partial charge in [0.25, 0.3) is 10.2 Å². The van der Waals surface area contributed by atoms with E-state index in [9.17, 15) is 8.42 Å². The van der Waals surface area contributed by atoms with Gasteiger partial charge in [0.1, 0.15) is 0 Å². The fourth-order valence-electron chi connectivity index (χ4n) is 3.26. The normalized spacial score (nSPS) is 27.0. The SMILES string of the molecule is CO[C@H]1CN(C)C[C@@H]1NS(=O)(=O)N1CCc2ccccc2C1. The molecule has 0 radical (unpaired) electrons. The molecule has 2 aliphatic rings. The molecule has 2 heterocycles. The van der Waals surface area contributed by atoms with Crippen LogP contribution >= 0.6 is 0 Å². The van der Waals surface area contributed by atoms with Gasteiger partial charge in [0, 0.05) is 33.3 Å². The second-order valence-corrected chi connectivity index (χ2v) is 7.78. The zero-order valence-electron chi connectivity index (χ0n) is 13.0. The van der Waals surface area contributed by atoms with Crippen molar-refractivity contribution in [2.45, 2.75) is 25.1 Å². The number of methoxy groups -OCH3 is 1. The number of hydrogen-bond donors (Lipinski definition) is 1. The fraction of sp³-hybridized carbons (Fsp3) is 0.600. The molecule has 0 bridgehead atoms. The first-order valence-electron chi connectivity index (χ1n) is 7.55. The summed E-state index contributed by atoms with van der Waals surface area (Å²) in [6.07, 6.45) is 0.659. The summed E-state index contributed by atoms with van der Waals surface area (Å²) in [6.45, 7) is 2.37. The Morgan fingerprint density at radius 2 is 1.95 bits per heavy atom. The predicted octanol–water partition coefficient (Wildman–Crippen LogP) is 0.208. The monoisotopic (exact) mass is 325 g/mol. The van der Waals surface area contributed by atoms with E-state index in [0.717, 1.165) is 18.5 Å². The molecule has 1 aromatic rings. The smallest absolute Gasteiger partial charge is 0.280 e. The first-order chi connectivity index (χ1) is 10.5. The van der Waals surface area contributed by atoms with Gasteiger partial charge in [-0.15, -0.1) is 0 Å². The summed E-state index contributed by atoms with van der Waals surface area (Å²) in [5.41, 5.74) is 2.33. The van der Waals surface area contributed by atoms with Gasteiger partial charge in [-0.1, -0.05) is 24.3 Å². The highest BCUT2D eigenvalue weighted by Gasteiger charge is 2.36. The Morgan fingerprint density at radius 1 is 1.23 bits per heavy atom. The van der Waals surface area contributed by atoms with E-state index in [1.54, 1.807) is 7.11 Å². The molecule has 1 N–H and O–H groups in total. The van der Waals surface area contributed by atoms with E-state index in [1.807, 2.05) is 25.2 Å². The zero-order valence-corrected chi connectivity index (χ0v) is 13.8. The molecule has 0 amide bonds. The Labute approximate surface area is 132 Å². The molecule has 1 saturated heterocycles. The fourth-order valence-corrected chi connectivity index (χ4v) is 4.65. The van der Waals surface area contributed by atoms with Crippen LogP contribution in [0.4, 0.5) is 0 Å². The summed E-state index contributed by atoms with van der Waals surface area (Å²) in [5.74, 6) is 0. The lowest BCUT2D eigenvalue weighted by atomic mass is 10.0. The second kappa shape index (κ2) is 6.25. The minimum atomic E-state index is -3.50. The third-order valence-electron chi connectivity index (χ3n) is 4.49. The standard InChI is InChI=1S/C15H23N3O3S/c1-17-10-14(15(11-17)21-2)16-22(19,20)18-8-7-12-5-3-4-6-13(12)9-18/h3-6,14-16H,7-11H2,1-2H3/t14-,15-/m0/s1. The molecule has 2 aliphatic heterocycles. The number of benzene rings is 1. The summed E-state index contributed by atoms with van der Waals surface area (Å²) in [4.78, 5) is 2.08. The van der Waals surface area contributed by atoms with E-state index >= 15 is 0 Å². The van der Waals surface area contributed by atoms with Crippen molar-refractivity contribution in [3.8, 4) is 0 Å². The zero-order chi connectivity index (χ0) is 15.7. The van der Waals surface area contributed by atoms with Crippen LogP contribution < -0.4 is 4.72 Å². The third kappa shape index (κ3) is 3.18. The lowest BCUT2D eigenvalue weighted by molar-refractivity contribution is 0.0963. The van der Waals surface area contributed by atoms with E-state index in [2.05, 4.69) is 15.7 Å². The van der Waals surface area contributed by atoms with Gasteiger partial charge in [-0.25, -0.2) is 0 Å². The van der Waals surface area contributed by atoms with E-state index in [-0.39, 0.29) is 12.1 Å². The molecule has 122 valence electrons. The van der Waals surface area contributed by atoms with E-state index < -0.39 is 10.2 Å². The van der Waals surface area contributed by atoms with Crippen molar-refractivity contribution in [1.29, 1.82) is 0 Å². The number of hydrogen-bond acceptors (Lipinski definition) is 4. The molecule has 0 spiro atoms. The molecule has 0 unspecified atom stereocenters. The first kappa shape index (κ1) is 15.9. The maximum atomic E-state index is 12.7. The van der Waals surface area contributed by atoms with Crippen LogP contribution in [0.15, 0.2) is 24.3 Å². The number of ether oxygens (including phenoxy) is 1. The Bertz CT molecular complexity index is 635. The van der Waals surface area contributed by atoms with Crippen LogP contribution in [0.25, 0.3) is 0 Å². The highest BCUT2D eigenvalue weighted by Crippen LogP contribution is 2.21. The topological polar surface area (TPSA) is 61.9 Å². The predicted molar refractivity (Wildman–Crippen MR) is 84.7 cm³/mol. The van der Waals surface area contributed by atoms with Gasteiger partial charge < -0.3 is 9.64 Å². The molecule has 1 fully saturated rings. The van der Waals surface area contributed by atoms with Crippen molar-refractivity contribution in [2.75, 3.05) is 33.8 Å². The van der Waals surface area contributed by atoms with Gasteiger partial charge in [-0.3, -0.25) is 0 Å². The van der Waals surface area contributed by atoms with Gasteiger partial charge in [0.05, 0.1) is 12.1 Å². The van der Waals surface area contributed by atoms with Crippen molar-refractivity contribution in [2.24, 2.45) is 0 Å². The lowest BCUT2D eigenvalue weighted by Gasteiger charge is -2.30. The number of rotatable bonds is 4. The number of nitrogens with zero attached hydrogens (tertiary/aromatic N) is 2. The van der Waals surface area contributed by atoms with E-state index in [4.69, 9.17) is 4.74 Å². The Kier molecular flexibility index (Phi) is 4.52. The molecule has 6 nitrogen and oxygen atoms in total. The van der Waals surface area contributed by atoms with Gasteiger partial charge >= 0.3 is 0 Å². The van der Waals surface area contributed by atoms with E-state index in [0.29, 0.717) is 19.6 Å². The van der Waals surface area contributed by atoms with Crippen molar-refractivity contribution in [1.82, 2.24) is 13.9 Å². The van der Waals surface area contributed by atoms with Crippen LogP contribution in [-0.2, 0) is 27.9 Å². The van der Waals surface area contributed by atoms with Crippen molar-refractivity contribution >= 4 is 10.2 Å². The second-order valence-electron chi connectivity index (χ2n) is 6.08. The molecular weight excluding hydrogens is 302 g/mol. The van der Waals surface area contributed by atoms with Crippen LogP contribution in [0.1, 0.15) is 11.1 Å². The molecule has 0 aliphatic carbocycles. The average molecular weight is 325 g/mol. The minimum absolute atomic E-state index is 0.100. The first-order valence-corrected chi connectivity index (χ1v) is 8.99. The molecule has 1 aromatic carbocycles. The Balaban J connectivity index is 1.72. The maximum absolute atomic E-state index is 12.7. The lowest BCUT2D eigenvalue weighted by Crippen LogP contribution is -2.51. The van der Waals surface area contributed by atoms with Crippen LogP contribution in [0.5, 0.6) is 0 Å². The molecule has 22 heavy (non-hydrogen) atoms. The summed E-state index contributed by atoms with van der Waals surface area (Å²) in [5, 5.41) is 0. The van der Waals surface area contributed by atoms with E-state index in [1.165, 1.54) is 9.87 Å². The summed E-state index contributed by atoms with van der Waals surface area (Å²) < 4.78 is 35.1. The van der Waals surface area contributed by atoms with Gasteiger partial charge in [-0.05, 0) is 24.6 Å². The van der Waals surface area contributed by atoms with Crippen molar-refractivity contribution in [3.63, 3.8) is 0 Å². The molecule has 0 aromatic heterocycles. The summed E-state index contributed by atoms with van der Waals surface area (Å²) in [6, 6.07) is 7.82. The Hall–Kier alpha value is -0.990. The maximum Gasteiger partial charge on any atom is 0.280 e.